The Morgan fingerprint density at radius 3 is 2.33 bits per heavy atom. The van der Waals surface area contributed by atoms with Crippen molar-refractivity contribution in [1.82, 2.24) is 4.90 Å². The summed E-state index contributed by atoms with van der Waals surface area (Å²) in [6.45, 7) is 4.51. The molecule has 21 heavy (non-hydrogen) atoms. The molecular weight excluding hydrogens is 268 g/mol. The van der Waals surface area contributed by atoms with E-state index in [1.54, 1.807) is 21.3 Å². The maximum atomic E-state index is 6.39. The van der Waals surface area contributed by atoms with Crippen LogP contribution in [0.15, 0.2) is 18.2 Å². The summed E-state index contributed by atoms with van der Waals surface area (Å²) in [7, 11) is 5.13. The molecule has 2 N–H and O–H groups in total. The third-order valence-electron chi connectivity index (χ3n) is 4.14. The van der Waals surface area contributed by atoms with Crippen molar-refractivity contribution < 1.29 is 14.2 Å². The second kappa shape index (κ2) is 7.22. The number of methoxy groups -OCH3 is 3. The van der Waals surface area contributed by atoms with E-state index in [9.17, 15) is 0 Å². The predicted molar refractivity (Wildman–Crippen MR) is 82.7 cm³/mol. The first kappa shape index (κ1) is 16.2. The van der Waals surface area contributed by atoms with Crippen LogP contribution in [0.5, 0.6) is 5.75 Å². The van der Waals surface area contributed by atoms with Gasteiger partial charge in [0.25, 0.3) is 0 Å². The quantitative estimate of drug-likeness (QED) is 0.858. The van der Waals surface area contributed by atoms with Crippen molar-refractivity contribution in [2.75, 3.05) is 41.0 Å². The maximum absolute atomic E-state index is 6.39. The van der Waals surface area contributed by atoms with Crippen LogP contribution in [0.4, 0.5) is 0 Å². The van der Waals surface area contributed by atoms with Gasteiger partial charge in [-0.2, -0.15) is 0 Å². The third-order valence-corrected chi connectivity index (χ3v) is 4.14. The highest BCUT2D eigenvalue weighted by molar-refractivity contribution is 5.39. The highest BCUT2D eigenvalue weighted by atomic mass is 16.5. The summed E-state index contributed by atoms with van der Waals surface area (Å²) < 4.78 is 16.4. The second-order valence-corrected chi connectivity index (χ2v) is 5.62. The van der Waals surface area contributed by atoms with E-state index >= 15 is 0 Å². The number of ether oxygens (including phenoxy) is 3. The van der Waals surface area contributed by atoms with Crippen molar-refractivity contribution in [3.63, 3.8) is 0 Å². The van der Waals surface area contributed by atoms with Gasteiger partial charge < -0.3 is 19.9 Å². The summed E-state index contributed by atoms with van der Waals surface area (Å²) in [5.41, 5.74) is 8.63. The lowest BCUT2D eigenvalue weighted by molar-refractivity contribution is -0.00461. The fraction of sp³-hybridized carbons (Fsp3) is 0.625. The minimum atomic E-state index is -0.0898. The molecule has 0 aromatic heterocycles. The molecule has 1 aliphatic rings. The molecule has 1 fully saturated rings. The average molecular weight is 294 g/mol. The van der Waals surface area contributed by atoms with Crippen molar-refractivity contribution in [2.45, 2.75) is 25.2 Å². The van der Waals surface area contributed by atoms with E-state index in [2.05, 4.69) is 17.9 Å². The van der Waals surface area contributed by atoms with E-state index in [0.29, 0.717) is 0 Å². The summed E-state index contributed by atoms with van der Waals surface area (Å²) in [4.78, 5) is 2.29. The summed E-state index contributed by atoms with van der Waals surface area (Å²) in [6.07, 6.45) is 0.225. The highest BCUT2D eigenvalue weighted by Crippen LogP contribution is 2.27. The van der Waals surface area contributed by atoms with Crippen molar-refractivity contribution in [1.29, 1.82) is 0 Å². The number of hydrogen-bond donors (Lipinski definition) is 1. The van der Waals surface area contributed by atoms with Crippen molar-refractivity contribution in [2.24, 2.45) is 5.73 Å². The monoisotopic (exact) mass is 294 g/mol. The molecule has 5 heteroatoms. The Labute approximate surface area is 127 Å². The van der Waals surface area contributed by atoms with Crippen LogP contribution in [0, 0.1) is 6.92 Å². The summed E-state index contributed by atoms with van der Waals surface area (Å²) in [5, 5.41) is 0. The Balaban J connectivity index is 2.05. The maximum Gasteiger partial charge on any atom is 0.123 e. The van der Waals surface area contributed by atoms with Gasteiger partial charge in [0, 0.05) is 45.5 Å². The molecular formula is C16H26N2O3. The molecule has 3 atom stereocenters. The Bertz CT molecular complexity index is 455. The molecule has 1 aromatic carbocycles. The molecule has 2 rings (SSSR count). The highest BCUT2D eigenvalue weighted by Gasteiger charge is 2.33. The van der Waals surface area contributed by atoms with E-state index in [1.165, 1.54) is 5.56 Å². The van der Waals surface area contributed by atoms with E-state index in [1.807, 2.05) is 12.1 Å². The first-order valence-corrected chi connectivity index (χ1v) is 7.27. The van der Waals surface area contributed by atoms with Gasteiger partial charge in [0.1, 0.15) is 5.75 Å². The van der Waals surface area contributed by atoms with Crippen molar-refractivity contribution >= 4 is 0 Å². The standard InChI is InChI=1S/C16H26N2O3/c1-11-5-6-14(19-2)12(7-11)13(17)8-18-9-15(20-3)16(10-18)21-4/h5-7,13,15-16H,8-10,17H2,1-4H3. The zero-order valence-corrected chi connectivity index (χ0v) is 13.3. The molecule has 0 spiro atoms. The van der Waals surface area contributed by atoms with Gasteiger partial charge in [-0.3, -0.25) is 4.90 Å². The molecule has 0 bridgehead atoms. The number of likely N-dealkylation sites (tertiary alicyclic amines) is 1. The molecule has 0 radical (unpaired) electrons. The number of nitrogens with zero attached hydrogens (tertiary/aromatic N) is 1. The van der Waals surface area contributed by atoms with E-state index in [0.717, 1.165) is 30.9 Å². The van der Waals surface area contributed by atoms with E-state index in [-0.39, 0.29) is 18.2 Å². The number of aryl methyl sites for hydroxylation is 1. The lowest BCUT2D eigenvalue weighted by Crippen LogP contribution is -2.31. The summed E-state index contributed by atoms with van der Waals surface area (Å²) in [5.74, 6) is 0.846. The Kier molecular flexibility index (Phi) is 5.58. The number of nitrogens with two attached hydrogens (primary N) is 1. The largest absolute Gasteiger partial charge is 0.496 e. The zero-order chi connectivity index (χ0) is 15.4. The molecule has 5 nitrogen and oxygen atoms in total. The van der Waals surface area contributed by atoms with Crippen LogP contribution < -0.4 is 10.5 Å². The molecule has 3 unspecified atom stereocenters. The van der Waals surface area contributed by atoms with Gasteiger partial charge >= 0.3 is 0 Å². The zero-order valence-electron chi connectivity index (χ0n) is 13.3. The summed E-state index contributed by atoms with van der Waals surface area (Å²) >= 11 is 0. The molecule has 0 aliphatic carbocycles. The van der Waals surface area contributed by atoms with E-state index in [4.69, 9.17) is 19.9 Å². The van der Waals surface area contributed by atoms with Gasteiger partial charge in [0.15, 0.2) is 0 Å². The van der Waals surface area contributed by atoms with Crippen molar-refractivity contribution in [3.8, 4) is 5.75 Å². The first-order valence-electron chi connectivity index (χ1n) is 7.27. The van der Waals surface area contributed by atoms with Gasteiger partial charge in [-0.15, -0.1) is 0 Å². The Hall–Kier alpha value is -1.14. The Morgan fingerprint density at radius 2 is 1.81 bits per heavy atom. The molecule has 118 valence electrons. The van der Waals surface area contributed by atoms with Crippen LogP contribution in [-0.4, -0.2) is 58.1 Å². The normalized spacial score (nSPS) is 24.2. The summed E-state index contributed by atoms with van der Waals surface area (Å²) in [6, 6.07) is 6.02. The van der Waals surface area contributed by atoms with Gasteiger partial charge in [-0.1, -0.05) is 17.7 Å². The fourth-order valence-electron chi connectivity index (χ4n) is 2.94. The van der Waals surface area contributed by atoms with Crippen LogP contribution in [0.25, 0.3) is 0 Å². The second-order valence-electron chi connectivity index (χ2n) is 5.62. The molecule has 1 heterocycles. The fourth-order valence-corrected chi connectivity index (χ4v) is 2.94. The minimum absolute atomic E-state index is 0.0898. The van der Waals surface area contributed by atoms with Gasteiger partial charge in [0.2, 0.25) is 0 Å². The van der Waals surface area contributed by atoms with Gasteiger partial charge in [-0.25, -0.2) is 0 Å². The predicted octanol–water partition coefficient (Wildman–Crippen LogP) is 1.35. The number of rotatable bonds is 6. The molecule has 0 saturated carbocycles. The smallest absolute Gasteiger partial charge is 0.123 e. The SMILES string of the molecule is COc1ccc(C)cc1C(N)CN1CC(OC)C(OC)C1. The van der Waals surface area contributed by atoms with E-state index < -0.39 is 0 Å². The van der Waals surface area contributed by atoms with Crippen LogP contribution in [-0.2, 0) is 9.47 Å². The third kappa shape index (κ3) is 3.74. The molecule has 1 aliphatic heterocycles. The van der Waals surface area contributed by atoms with Crippen LogP contribution in [0.1, 0.15) is 17.2 Å². The van der Waals surface area contributed by atoms with Crippen LogP contribution >= 0.6 is 0 Å². The molecule has 1 saturated heterocycles. The molecule has 1 aromatic rings. The average Bonchev–Trinajstić information content (AvgIpc) is 2.89. The lowest BCUT2D eigenvalue weighted by atomic mass is 10.0. The topological polar surface area (TPSA) is 57.0 Å². The first-order chi connectivity index (χ1) is 10.1. The minimum Gasteiger partial charge on any atom is -0.496 e. The number of hydrogen-bond acceptors (Lipinski definition) is 5. The van der Waals surface area contributed by atoms with Crippen molar-refractivity contribution in [3.05, 3.63) is 29.3 Å². The van der Waals surface area contributed by atoms with Crippen LogP contribution in [0.2, 0.25) is 0 Å². The Morgan fingerprint density at radius 1 is 1.19 bits per heavy atom. The number of benzene rings is 1. The van der Waals surface area contributed by atoms with Gasteiger partial charge in [0.05, 0.1) is 19.3 Å². The lowest BCUT2D eigenvalue weighted by Gasteiger charge is -2.22. The van der Waals surface area contributed by atoms with Crippen LogP contribution in [0.3, 0.4) is 0 Å². The van der Waals surface area contributed by atoms with Gasteiger partial charge in [-0.05, 0) is 13.0 Å². The molecule has 0 amide bonds.